The van der Waals surface area contributed by atoms with Crippen LogP contribution in [-0.4, -0.2) is 43.0 Å². The Morgan fingerprint density at radius 3 is 2.78 bits per heavy atom. The molecular weight excluding hydrogens is 259 g/mol. The van der Waals surface area contributed by atoms with E-state index in [0.717, 1.165) is 12.8 Å². The van der Waals surface area contributed by atoms with Gasteiger partial charge in [0.2, 0.25) is 0 Å². The summed E-state index contributed by atoms with van der Waals surface area (Å²) in [4.78, 5) is 9.58. The first-order valence-corrected chi connectivity index (χ1v) is 7.69. The average Bonchev–Trinajstić information content (AvgIpc) is 2.63. The van der Waals surface area contributed by atoms with Gasteiger partial charge in [0.05, 0.1) is 12.2 Å². The van der Waals surface area contributed by atoms with Crippen LogP contribution in [0.25, 0.3) is 0 Å². The van der Waals surface area contributed by atoms with Crippen molar-refractivity contribution in [2.24, 2.45) is 0 Å². The van der Waals surface area contributed by atoms with E-state index in [-0.39, 0.29) is 18.3 Å². The van der Waals surface area contributed by atoms with Gasteiger partial charge in [0, 0.05) is 20.6 Å². The maximum atomic E-state index is 11.7. The molecule has 6 nitrogen and oxygen atoms in total. The van der Waals surface area contributed by atoms with E-state index in [1.54, 1.807) is 7.11 Å². The minimum atomic E-state index is -4.02. The molecule has 0 amide bonds. The van der Waals surface area contributed by atoms with Crippen LogP contribution in [-0.2, 0) is 23.1 Å². The lowest BCUT2D eigenvalue weighted by molar-refractivity contribution is -0.135. The highest BCUT2D eigenvalue weighted by molar-refractivity contribution is 7.47. The molecule has 1 aliphatic heterocycles. The van der Waals surface area contributed by atoms with E-state index < -0.39 is 13.4 Å². The molecule has 0 aromatic heterocycles. The molecule has 1 N–H and O–H groups in total. The Hall–Kier alpha value is 0.0300. The zero-order valence-corrected chi connectivity index (χ0v) is 11.9. The van der Waals surface area contributed by atoms with Crippen LogP contribution in [0, 0.1) is 0 Å². The van der Waals surface area contributed by atoms with Crippen molar-refractivity contribution in [2.75, 3.05) is 14.2 Å². The lowest BCUT2D eigenvalue weighted by Crippen LogP contribution is -2.51. The molecule has 106 valence electrons. The number of ether oxygens (including phenoxy) is 2. The second kappa shape index (κ2) is 5.19. The van der Waals surface area contributed by atoms with E-state index in [1.165, 1.54) is 7.11 Å². The molecule has 0 spiro atoms. The molecule has 0 aromatic carbocycles. The van der Waals surface area contributed by atoms with Crippen molar-refractivity contribution in [1.29, 1.82) is 0 Å². The Labute approximate surface area is 107 Å². The molecule has 2 aliphatic rings. The van der Waals surface area contributed by atoms with Crippen molar-refractivity contribution in [1.82, 2.24) is 0 Å². The summed E-state index contributed by atoms with van der Waals surface area (Å²) in [5.41, 5.74) is -0.765. The van der Waals surface area contributed by atoms with Gasteiger partial charge in [-0.1, -0.05) is 0 Å². The molecule has 2 fully saturated rings. The summed E-state index contributed by atoms with van der Waals surface area (Å²) in [7, 11) is -1.22. The molecule has 1 saturated carbocycles. The molecule has 1 heterocycles. The molecule has 5 atom stereocenters. The first-order valence-electron chi connectivity index (χ1n) is 6.20. The van der Waals surface area contributed by atoms with E-state index >= 15 is 0 Å². The summed E-state index contributed by atoms with van der Waals surface area (Å²) >= 11 is 0. The van der Waals surface area contributed by atoms with Gasteiger partial charge in [0.1, 0.15) is 11.7 Å². The Morgan fingerprint density at radius 2 is 2.17 bits per heavy atom. The standard InChI is InChI=1S/C11H21O6P/c1-8-7-11(17-18(12,13)15-3)6-4-5-9(14-2)10(11)16-8/h8-10H,4-7H2,1-3H3,(H,12,13)/t8-,9+,10?,11?/m0/s1. The van der Waals surface area contributed by atoms with E-state index in [0.29, 0.717) is 12.8 Å². The predicted octanol–water partition coefficient (Wildman–Crippen LogP) is 1.86. The Bertz CT molecular complexity index is 348. The van der Waals surface area contributed by atoms with E-state index in [4.69, 9.17) is 14.0 Å². The molecule has 2 rings (SSSR count). The largest absolute Gasteiger partial charge is 0.472 e. The van der Waals surface area contributed by atoms with Crippen molar-refractivity contribution in [3.05, 3.63) is 0 Å². The number of hydrogen-bond donors (Lipinski definition) is 1. The summed E-state index contributed by atoms with van der Waals surface area (Å²) in [6, 6.07) is 0. The third kappa shape index (κ3) is 2.64. The normalized spacial score (nSPS) is 43.4. The van der Waals surface area contributed by atoms with Gasteiger partial charge < -0.3 is 14.4 Å². The molecule has 18 heavy (non-hydrogen) atoms. The van der Waals surface area contributed by atoms with Crippen molar-refractivity contribution >= 4 is 7.82 Å². The van der Waals surface area contributed by atoms with Crippen molar-refractivity contribution in [2.45, 2.75) is 56.5 Å². The fourth-order valence-electron chi connectivity index (χ4n) is 3.09. The Kier molecular flexibility index (Phi) is 4.17. The van der Waals surface area contributed by atoms with Gasteiger partial charge in [0.15, 0.2) is 0 Å². The maximum absolute atomic E-state index is 11.7. The smallest absolute Gasteiger partial charge is 0.379 e. The second-order valence-corrected chi connectivity index (χ2v) is 6.53. The molecule has 7 heteroatoms. The fraction of sp³-hybridized carbons (Fsp3) is 1.00. The Balaban J connectivity index is 2.23. The molecular formula is C11H21O6P. The van der Waals surface area contributed by atoms with Crippen LogP contribution in [0.2, 0.25) is 0 Å². The molecule has 0 aromatic rings. The van der Waals surface area contributed by atoms with Crippen molar-refractivity contribution in [3.63, 3.8) is 0 Å². The molecule has 0 bridgehead atoms. The van der Waals surface area contributed by atoms with Gasteiger partial charge in [-0.15, -0.1) is 0 Å². The minimum absolute atomic E-state index is 0.0115. The summed E-state index contributed by atoms with van der Waals surface area (Å²) in [6.07, 6.45) is 2.63. The highest BCUT2D eigenvalue weighted by Gasteiger charge is 2.56. The summed E-state index contributed by atoms with van der Waals surface area (Å²) in [5, 5.41) is 0. The predicted molar refractivity (Wildman–Crippen MR) is 64.3 cm³/mol. The Morgan fingerprint density at radius 1 is 1.44 bits per heavy atom. The van der Waals surface area contributed by atoms with Crippen LogP contribution in [0.15, 0.2) is 0 Å². The average molecular weight is 280 g/mol. The van der Waals surface area contributed by atoms with Crippen LogP contribution < -0.4 is 0 Å². The topological polar surface area (TPSA) is 74.2 Å². The molecule has 3 unspecified atom stereocenters. The zero-order valence-electron chi connectivity index (χ0n) is 11.0. The summed E-state index contributed by atoms with van der Waals surface area (Å²) in [5.74, 6) is 0. The van der Waals surface area contributed by atoms with Gasteiger partial charge in [-0.3, -0.25) is 9.05 Å². The first kappa shape index (κ1) is 14.4. The van der Waals surface area contributed by atoms with E-state index in [1.807, 2.05) is 6.92 Å². The van der Waals surface area contributed by atoms with E-state index in [2.05, 4.69) is 4.52 Å². The number of hydrogen-bond acceptors (Lipinski definition) is 5. The lowest BCUT2D eigenvalue weighted by atomic mass is 9.79. The van der Waals surface area contributed by atoms with E-state index in [9.17, 15) is 9.46 Å². The third-order valence-corrected chi connectivity index (χ3v) is 4.84. The third-order valence-electron chi connectivity index (χ3n) is 3.79. The first-order chi connectivity index (χ1) is 8.42. The number of rotatable bonds is 4. The van der Waals surface area contributed by atoms with Crippen molar-refractivity contribution < 1.29 is 28.0 Å². The van der Waals surface area contributed by atoms with Crippen LogP contribution >= 0.6 is 7.82 Å². The van der Waals surface area contributed by atoms with Crippen LogP contribution in [0.3, 0.4) is 0 Å². The molecule has 1 aliphatic carbocycles. The number of phosphoric ester groups is 1. The van der Waals surface area contributed by atoms with Gasteiger partial charge in [0.25, 0.3) is 0 Å². The van der Waals surface area contributed by atoms with Crippen LogP contribution in [0.4, 0.5) is 0 Å². The number of fused-ring (bicyclic) bond motifs is 1. The SMILES string of the molecule is CO[C@@H]1CCCC2(OP(=O)(O)OC)C[C@H](C)OC12. The van der Waals surface area contributed by atoms with Gasteiger partial charge in [-0.2, -0.15) is 0 Å². The highest BCUT2D eigenvalue weighted by atomic mass is 31.2. The maximum Gasteiger partial charge on any atom is 0.472 e. The number of methoxy groups -OCH3 is 1. The summed E-state index contributed by atoms with van der Waals surface area (Å²) < 4.78 is 32.9. The summed E-state index contributed by atoms with van der Waals surface area (Å²) in [6.45, 7) is 1.94. The monoisotopic (exact) mass is 280 g/mol. The molecule has 1 saturated heterocycles. The lowest BCUT2D eigenvalue weighted by Gasteiger charge is -2.41. The fourth-order valence-corrected chi connectivity index (χ4v) is 3.90. The highest BCUT2D eigenvalue weighted by Crippen LogP contribution is 2.55. The molecule has 0 radical (unpaired) electrons. The van der Waals surface area contributed by atoms with Crippen molar-refractivity contribution in [3.8, 4) is 0 Å². The van der Waals surface area contributed by atoms with Crippen LogP contribution in [0.5, 0.6) is 0 Å². The minimum Gasteiger partial charge on any atom is -0.379 e. The van der Waals surface area contributed by atoms with Gasteiger partial charge in [-0.25, -0.2) is 4.57 Å². The van der Waals surface area contributed by atoms with Crippen LogP contribution in [0.1, 0.15) is 32.6 Å². The zero-order chi connectivity index (χ0) is 13.4. The quantitative estimate of drug-likeness (QED) is 0.792. The number of phosphoric acid groups is 1. The van der Waals surface area contributed by atoms with Gasteiger partial charge in [-0.05, 0) is 26.2 Å². The van der Waals surface area contributed by atoms with Gasteiger partial charge >= 0.3 is 7.82 Å². The second-order valence-electron chi connectivity index (χ2n) is 5.04.